The number of carbonyl (C=O) groups excluding carboxylic acids is 1. The highest BCUT2D eigenvalue weighted by Crippen LogP contribution is 2.28. The number of hydrogen-bond donors (Lipinski definition) is 1. The summed E-state index contributed by atoms with van der Waals surface area (Å²) in [4.78, 5) is 22.7. The van der Waals surface area contributed by atoms with Crippen molar-refractivity contribution < 1.29 is 13.9 Å². The zero-order chi connectivity index (χ0) is 17.1. The summed E-state index contributed by atoms with van der Waals surface area (Å²) in [5, 5.41) is 2.98. The Morgan fingerprint density at radius 3 is 2.76 bits per heavy atom. The third-order valence-corrected chi connectivity index (χ3v) is 4.97. The number of likely N-dealkylation sites (tertiary alicyclic amines) is 1. The molecule has 4 rings (SSSR count). The van der Waals surface area contributed by atoms with Crippen LogP contribution in [-0.4, -0.2) is 52.6 Å². The summed E-state index contributed by atoms with van der Waals surface area (Å²) in [6, 6.07) is 3.68. The number of nitrogens with zero attached hydrogens (tertiary/aromatic N) is 3. The van der Waals surface area contributed by atoms with Gasteiger partial charge in [0.2, 0.25) is 5.91 Å². The van der Waals surface area contributed by atoms with Crippen LogP contribution >= 0.6 is 0 Å². The van der Waals surface area contributed by atoms with Crippen LogP contribution in [0, 0.1) is 0 Å². The number of ether oxygens (including phenoxy) is 1. The van der Waals surface area contributed by atoms with E-state index in [1.165, 1.54) is 0 Å². The number of aromatic nitrogens is 2. The molecule has 1 spiro atoms. The SMILES string of the molecule is O=C1CCOC2(CCN(Cc3cnc(-c4ccco4)nc3)CC2)CN1. The lowest BCUT2D eigenvalue weighted by atomic mass is 9.91. The van der Waals surface area contributed by atoms with Crippen LogP contribution in [0.25, 0.3) is 11.6 Å². The van der Waals surface area contributed by atoms with Gasteiger partial charge in [-0.3, -0.25) is 9.69 Å². The number of nitrogens with one attached hydrogen (secondary N) is 1. The Kier molecular flexibility index (Phi) is 4.50. The van der Waals surface area contributed by atoms with E-state index in [0.717, 1.165) is 38.0 Å². The third kappa shape index (κ3) is 3.72. The van der Waals surface area contributed by atoms with Crippen molar-refractivity contribution in [3.05, 3.63) is 36.4 Å². The molecule has 0 unspecified atom stereocenters. The van der Waals surface area contributed by atoms with Crippen molar-refractivity contribution in [1.82, 2.24) is 20.2 Å². The number of piperidine rings is 1. The topological polar surface area (TPSA) is 80.5 Å². The molecule has 7 heteroatoms. The van der Waals surface area contributed by atoms with Gasteiger partial charge in [0.15, 0.2) is 11.6 Å². The Morgan fingerprint density at radius 2 is 2.04 bits per heavy atom. The third-order valence-electron chi connectivity index (χ3n) is 4.97. The Labute approximate surface area is 146 Å². The molecule has 1 amide bonds. The summed E-state index contributed by atoms with van der Waals surface area (Å²) in [5.41, 5.74) is 0.892. The fraction of sp³-hybridized carbons (Fsp3) is 0.500. The van der Waals surface area contributed by atoms with Gasteiger partial charge in [0.05, 0.1) is 18.5 Å². The second-order valence-corrected chi connectivity index (χ2v) is 6.73. The molecule has 7 nitrogen and oxygen atoms in total. The minimum atomic E-state index is -0.192. The van der Waals surface area contributed by atoms with E-state index in [1.54, 1.807) is 6.26 Å². The van der Waals surface area contributed by atoms with E-state index < -0.39 is 0 Å². The molecule has 0 atom stereocenters. The highest BCUT2D eigenvalue weighted by molar-refractivity contribution is 5.76. The van der Waals surface area contributed by atoms with Gasteiger partial charge in [-0.25, -0.2) is 9.97 Å². The van der Waals surface area contributed by atoms with Crippen LogP contribution < -0.4 is 5.32 Å². The Hall–Kier alpha value is -2.25. The predicted molar refractivity (Wildman–Crippen MR) is 90.6 cm³/mol. The maximum absolute atomic E-state index is 11.5. The molecule has 0 aliphatic carbocycles. The quantitative estimate of drug-likeness (QED) is 0.913. The molecule has 4 heterocycles. The lowest BCUT2D eigenvalue weighted by Gasteiger charge is -2.40. The van der Waals surface area contributed by atoms with Crippen molar-refractivity contribution in [2.24, 2.45) is 0 Å². The van der Waals surface area contributed by atoms with Crippen LogP contribution in [0.15, 0.2) is 35.2 Å². The van der Waals surface area contributed by atoms with Gasteiger partial charge in [-0.15, -0.1) is 0 Å². The molecule has 2 fully saturated rings. The molecular formula is C18H22N4O3. The summed E-state index contributed by atoms with van der Waals surface area (Å²) in [6.07, 6.45) is 7.66. The summed E-state index contributed by atoms with van der Waals surface area (Å²) in [6.45, 7) is 3.85. The van der Waals surface area contributed by atoms with E-state index >= 15 is 0 Å². The number of carbonyl (C=O) groups is 1. The molecule has 1 N–H and O–H groups in total. The van der Waals surface area contributed by atoms with Crippen LogP contribution in [0.4, 0.5) is 0 Å². The normalized spacial score (nSPS) is 21.0. The zero-order valence-electron chi connectivity index (χ0n) is 14.1. The van der Waals surface area contributed by atoms with E-state index in [2.05, 4.69) is 20.2 Å². The van der Waals surface area contributed by atoms with Crippen LogP contribution in [0.5, 0.6) is 0 Å². The molecule has 0 aromatic carbocycles. The average molecular weight is 342 g/mol. The maximum atomic E-state index is 11.5. The van der Waals surface area contributed by atoms with Gasteiger partial charge in [0.1, 0.15) is 0 Å². The van der Waals surface area contributed by atoms with Crippen molar-refractivity contribution in [3.8, 4) is 11.6 Å². The van der Waals surface area contributed by atoms with Crippen molar-refractivity contribution in [2.45, 2.75) is 31.4 Å². The van der Waals surface area contributed by atoms with Gasteiger partial charge in [-0.2, -0.15) is 0 Å². The first kappa shape index (κ1) is 16.2. The number of rotatable bonds is 3. The largest absolute Gasteiger partial charge is 0.461 e. The Morgan fingerprint density at radius 1 is 1.24 bits per heavy atom. The number of hydrogen-bond acceptors (Lipinski definition) is 6. The molecule has 0 saturated carbocycles. The molecule has 2 aliphatic rings. The predicted octanol–water partition coefficient (Wildman–Crippen LogP) is 1.61. The van der Waals surface area contributed by atoms with Gasteiger partial charge in [-0.05, 0) is 25.0 Å². The van der Waals surface area contributed by atoms with Gasteiger partial charge in [0.25, 0.3) is 0 Å². The first-order valence-corrected chi connectivity index (χ1v) is 8.70. The fourth-order valence-corrected chi connectivity index (χ4v) is 3.43. The van der Waals surface area contributed by atoms with Crippen molar-refractivity contribution in [2.75, 3.05) is 26.2 Å². The molecule has 2 aromatic rings. The summed E-state index contributed by atoms with van der Waals surface area (Å²) in [7, 11) is 0. The lowest BCUT2D eigenvalue weighted by molar-refractivity contribution is -0.120. The molecule has 2 aliphatic heterocycles. The second-order valence-electron chi connectivity index (χ2n) is 6.73. The Balaban J connectivity index is 1.33. The van der Waals surface area contributed by atoms with Gasteiger partial charge in [0, 0.05) is 50.6 Å². The first-order chi connectivity index (χ1) is 12.2. The summed E-state index contributed by atoms with van der Waals surface area (Å²) < 4.78 is 11.3. The molecular weight excluding hydrogens is 320 g/mol. The summed E-state index contributed by atoms with van der Waals surface area (Å²) in [5.74, 6) is 1.38. The standard InChI is InChI=1S/C18H22N4O3/c23-16-3-9-25-18(13-21-16)4-6-22(7-5-18)12-14-10-19-17(20-11-14)15-2-1-8-24-15/h1-2,8,10-11H,3-7,9,12-13H2,(H,21,23). The monoisotopic (exact) mass is 342 g/mol. The second kappa shape index (κ2) is 6.93. The van der Waals surface area contributed by atoms with E-state index in [-0.39, 0.29) is 11.5 Å². The minimum Gasteiger partial charge on any atom is -0.461 e. The van der Waals surface area contributed by atoms with Crippen LogP contribution in [-0.2, 0) is 16.1 Å². The number of amides is 1. The van der Waals surface area contributed by atoms with E-state index in [4.69, 9.17) is 9.15 Å². The molecule has 0 radical (unpaired) electrons. The Bertz CT molecular complexity index is 706. The van der Waals surface area contributed by atoms with Crippen molar-refractivity contribution >= 4 is 5.91 Å². The maximum Gasteiger partial charge on any atom is 0.222 e. The highest BCUT2D eigenvalue weighted by atomic mass is 16.5. The smallest absolute Gasteiger partial charge is 0.222 e. The fourth-order valence-electron chi connectivity index (χ4n) is 3.43. The molecule has 25 heavy (non-hydrogen) atoms. The lowest BCUT2D eigenvalue weighted by Crippen LogP contribution is -2.50. The van der Waals surface area contributed by atoms with Gasteiger partial charge in [-0.1, -0.05) is 0 Å². The summed E-state index contributed by atoms with van der Waals surface area (Å²) >= 11 is 0. The zero-order valence-corrected chi connectivity index (χ0v) is 14.1. The average Bonchev–Trinajstić information content (AvgIpc) is 3.11. The van der Waals surface area contributed by atoms with E-state index in [1.807, 2.05) is 24.5 Å². The highest BCUT2D eigenvalue weighted by Gasteiger charge is 2.37. The van der Waals surface area contributed by atoms with E-state index in [9.17, 15) is 4.79 Å². The van der Waals surface area contributed by atoms with Crippen LogP contribution in [0.3, 0.4) is 0 Å². The van der Waals surface area contributed by atoms with Gasteiger partial charge < -0.3 is 14.5 Å². The van der Waals surface area contributed by atoms with Crippen molar-refractivity contribution in [1.29, 1.82) is 0 Å². The number of furan rings is 1. The van der Waals surface area contributed by atoms with Crippen molar-refractivity contribution in [3.63, 3.8) is 0 Å². The van der Waals surface area contributed by atoms with E-state index in [0.29, 0.717) is 31.2 Å². The minimum absolute atomic E-state index is 0.0908. The van der Waals surface area contributed by atoms with Gasteiger partial charge >= 0.3 is 0 Å². The molecule has 2 saturated heterocycles. The first-order valence-electron chi connectivity index (χ1n) is 8.70. The molecule has 0 bridgehead atoms. The molecule has 2 aromatic heterocycles. The van der Waals surface area contributed by atoms with Crippen LogP contribution in [0.2, 0.25) is 0 Å². The van der Waals surface area contributed by atoms with Crippen LogP contribution in [0.1, 0.15) is 24.8 Å². The molecule has 132 valence electrons.